The van der Waals surface area contributed by atoms with Gasteiger partial charge in [-0.2, -0.15) is 0 Å². The van der Waals surface area contributed by atoms with Crippen LogP contribution in [0.15, 0.2) is 59.7 Å². The molecule has 1 aliphatic rings. The SMILES string of the molecule is CC.COc1ccccc1N(C)C1CCN(c2nc(-c3ccncc3)cc(=O)n2C)CC1. The second-order valence-electron chi connectivity index (χ2n) is 7.58. The quantitative estimate of drug-likeness (QED) is 0.604. The Bertz CT molecular complexity index is 1060. The number of hydrogen-bond donors (Lipinski definition) is 0. The molecule has 0 amide bonds. The predicted molar refractivity (Wildman–Crippen MR) is 131 cm³/mol. The normalized spacial score (nSPS) is 13.8. The van der Waals surface area contributed by atoms with Crippen molar-refractivity contribution in [3.8, 4) is 17.0 Å². The largest absolute Gasteiger partial charge is 0.495 e. The topological polar surface area (TPSA) is 63.5 Å². The first-order valence-corrected chi connectivity index (χ1v) is 11.2. The molecule has 0 radical (unpaired) electrons. The van der Waals surface area contributed by atoms with E-state index < -0.39 is 0 Å². The molecule has 1 aromatic carbocycles. The van der Waals surface area contributed by atoms with Gasteiger partial charge in [-0.05, 0) is 37.1 Å². The molecule has 0 bridgehead atoms. The summed E-state index contributed by atoms with van der Waals surface area (Å²) in [5.74, 6) is 1.60. The molecule has 0 spiro atoms. The van der Waals surface area contributed by atoms with Crippen LogP contribution in [-0.2, 0) is 7.05 Å². The maximum absolute atomic E-state index is 12.6. The van der Waals surface area contributed by atoms with Crippen molar-refractivity contribution in [2.45, 2.75) is 32.7 Å². The van der Waals surface area contributed by atoms with Crippen molar-refractivity contribution in [3.05, 3.63) is 65.2 Å². The van der Waals surface area contributed by atoms with Gasteiger partial charge in [-0.15, -0.1) is 0 Å². The van der Waals surface area contributed by atoms with E-state index in [9.17, 15) is 4.79 Å². The molecule has 1 aliphatic heterocycles. The Morgan fingerprint density at radius 3 is 2.38 bits per heavy atom. The molecule has 0 unspecified atom stereocenters. The lowest BCUT2D eigenvalue weighted by Crippen LogP contribution is -2.45. The Kier molecular flexibility index (Phi) is 7.87. The maximum Gasteiger partial charge on any atom is 0.255 e. The standard InChI is InChI=1S/C23H27N5O2.C2H6/c1-26(20-6-4-5-7-21(20)30-3)18-10-14-28(15-11-18)23-25-19(16-22(29)27(23)2)17-8-12-24-13-9-17;1-2/h4-9,12-13,16,18H,10-11,14-15H2,1-3H3;1-2H3. The highest BCUT2D eigenvalue weighted by Crippen LogP contribution is 2.31. The van der Waals surface area contributed by atoms with Crippen molar-refractivity contribution in [2.75, 3.05) is 37.0 Å². The highest BCUT2D eigenvalue weighted by atomic mass is 16.5. The van der Waals surface area contributed by atoms with Crippen LogP contribution in [0.1, 0.15) is 26.7 Å². The van der Waals surface area contributed by atoms with Gasteiger partial charge in [-0.3, -0.25) is 14.3 Å². The van der Waals surface area contributed by atoms with Crippen LogP contribution in [0.5, 0.6) is 5.75 Å². The van der Waals surface area contributed by atoms with E-state index >= 15 is 0 Å². The van der Waals surface area contributed by atoms with Crippen molar-refractivity contribution >= 4 is 11.6 Å². The third-order valence-corrected chi connectivity index (χ3v) is 5.85. The van der Waals surface area contributed by atoms with E-state index in [1.807, 2.05) is 44.2 Å². The van der Waals surface area contributed by atoms with Gasteiger partial charge in [0.05, 0.1) is 18.5 Å². The zero-order valence-electron chi connectivity index (χ0n) is 19.7. The Labute approximate surface area is 190 Å². The monoisotopic (exact) mass is 435 g/mol. The van der Waals surface area contributed by atoms with Gasteiger partial charge in [0.25, 0.3) is 5.56 Å². The van der Waals surface area contributed by atoms with Crippen LogP contribution in [0.4, 0.5) is 11.6 Å². The third-order valence-electron chi connectivity index (χ3n) is 5.85. The number of aromatic nitrogens is 3. The van der Waals surface area contributed by atoms with Gasteiger partial charge < -0.3 is 14.5 Å². The summed E-state index contributed by atoms with van der Waals surface area (Å²) >= 11 is 0. The molecular weight excluding hydrogens is 402 g/mol. The molecule has 170 valence electrons. The smallest absolute Gasteiger partial charge is 0.255 e. The molecule has 0 saturated carbocycles. The van der Waals surface area contributed by atoms with E-state index in [0.29, 0.717) is 17.7 Å². The van der Waals surface area contributed by atoms with Crippen LogP contribution in [-0.4, -0.2) is 47.8 Å². The molecule has 2 aromatic heterocycles. The number of anilines is 2. The fourth-order valence-corrected chi connectivity index (χ4v) is 4.05. The summed E-state index contributed by atoms with van der Waals surface area (Å²) in [5.41, 5.74) is 2.63. The van der Waals surface area contributed by atoms with Gasteiger partial charge in [0, 0.05) is 57.3 Å². The minimum absolute atomic E-state index is 0.0555. The lowest BCUT2D eigenvalue weighted by atomic mass is 10.0. The molecule has 0 N–H and O–H groups in total. The Morgan fingerprint density at radius 1 is 1.06 bits per heavy atom. The van der Waals surface area contributed by atoms with E-state index in [1.165, 1.54) is 0 Å². The molecule has 0 aliphatic carbocycles. The van der Waals surface area contributed by atoms with Gasteiger partial charge in [-0.1, -0.05) is 26.0 Å². The lowest BCUT2D eigenvalue weighted by molar-refractivity contribution is 0.409. The summed E-state index contributed by atoms with van der Waals surface area (Å²) in [7, 11) is 5.61. The number of ether oxygens (including phenoxy) is 1. The fourth-order valence-electron chi connectivity index (χ4n) is 4.05. The van der Waals surface area contributed by atoms with Gasteiger partial charge in [-0.25, -0.2) is 4.98 Å². The zero-order chi connectivity index (χ0) is 23.1. The summed E-state index contributed by atoms with van der Waals surface area (Å²) in [6.45, 7) is 5.68. The van der Waals surface area contributed by atoms with Crippen molar-refractivity contribution in [1.29, 1.82) is 0 Å². The van der Waals surface area contributed by atoms with Crippen LogP contribution < -0.4 is 20.1 Å². The number of nitrogens with zero attached hydrogens (tertiary/aromatic N) is 5. The van der Waals surface area contributed by atoms with E-state index in [-0.39, 0.29) is 5.56 Å². The van der Waals surface area contributed by atoms with Crippen LogP contribution in [0.2, 0.25) is 0 Å². The number of para-hydroxylation sites is 2. The van der Waals surface area contributed by atoms with Crippen molar-refractivity contribution in [1.82, 2.24) is 14.5 Å². The van der Waals surface area contributed by atoms with E-state index in [4.69, 9.17) is 9.72 Å². The average Bonchev–Trinajstić information content (AvgIpc) is 2.87. The first-order valence-electron chi connectivity index (χ1n) is 11.2. The van der Waals surface area contributed by atoms with Crippen LogP contribution in [0, 0.1) is 0 Å². The first kappa shape index (κ1) is 23.3. The molecule has 32 heavy (non-hydrogen) atoms. The molecule has 3 heterocycles. The molecule has 4 rings (SSSR count). The highest BCUT2D eigenvalue weighted by molar-refractivity contribution is 5.60. The number of methoxy groups -OCH3 is 1. The second-order valence-corrected chi connectivity index (χ2v) is 7.58. The summed E-state index contributed by atoms with van der Waals surface area (Å²) in [6, 6.07) is 13.8. The number of piperidine rings is 1. The Hall–Kier alpha value is -3.35. The molecule has 3 aromatic rings. The van der Waals surface area contributed by atoms with Crippen molar-refractivity contribution in [3.63, 3.8) is 0 Å². The van der Waals surface area contributed by atoms with Crippen LogP contribution in [0.25, 0.3) is 11.3 Å². The van der Waals surface area contributed by atoms with E-state index in [1.54, 1.807) is 37.2 Å². The predicted octanol–water partition coefficient (Wildman–Crippen LogP) is 3.98. The summed E-state index contributed by atoms with van der Waals surface area (Å²) in [6.07, 6.45) is 5.38. The van der Waals surface area contributed by atoms with Gasteiger partial charge in [0.2, 0.25) is 5.95 Å². The number of rotatable bonds is 5. The molecule has 1 fully saturated rings. The molecule has 7 heteroatoms. The molecule has 7 nitrogen and oxygen atoms in total. The fraction of sp³-hybridized carbons (Fsp3) is 0.400. The number of benzene rings is 1. The Morgan fingerprint density at radius 2 is 1.72 bits per heavy atom. The third kappa shape index (κ3) is 4.93. The van der Waals surface area contributed by atoms with E-state index in [0.717, 1.165) is 42.9 Å². The highest BCUT2D eigenvalue weighted by Gasteiger charge is 2.26. The van der Waals surface area contributed by atoms with Crippen LogP contribution >= 0.6 is 0 Å². The van der Waals surface area contributed by atoms with Gasteiger partial charge in [0.1, 0.15) is 5.75 Å². The van der Waals surface area contributed by atoms with Gasteiger partial charge >= 0.3 is 0 Å². The maximum atomic E-state index is 12.6. The molecule has 0 atom stereocenters. The number of hydrogen-bond acceptors (Lipinski definition) is 6. The summed E-state index contributed by atoms with van der Waals surface area (Å²) < 4.78 is 7.16. The van der Waals surface area contributed by atoms with E-state index in [2.05, 4.69) is 27.9 Å². The molecular formula is C25H33N5O2. The Balaban J connectivity index is 0.00000141. The zero-order valence-corrected chi connectivity index (χ0v) is 19.7. The van der Waals surface area contributed by atoms with Crippen molar-refractivity contribution < 1.29 is 4.74 Å². The lowest BCUT2D eigenvalue weighted by Gasteiger charge is -2.39. The summed E-state index contributed by atoms with van der Waals surface area (Å²) in [4.78, 5) is 25.9. The minimum atomic E-state index is -0.0555. The first-order chi connectivity index (χ1) is 15.6. The van der Waals surface area contributed by atoms with Crippen LogP contribution in [0.3, 0.4) is 0 Å². The molecule has 1 saturated heterocycles. The van der Waals surface area contributed by atoms with Gasteiger partial charge in [0.15, 0.2) is 0 Å². The number of pyridine rings is 1. The minimum Gasteiger partial charge on any atom is -0.495 e. The average molecular weight is 436 g/mol. The summed E-state index contributed by atoms with van der Waals surface area (Å²) in [5, 5.41) is 0. The second kappa shape index (κ2) is 10.8. The van der Waals surface area contributed by atoms with Crippen molar-refractivity contribution in [2.24, 2.45) is 7.05 Å².